The van der Waals surface area contributed by atoms with Crippen molar-refractivity contribution in [3.63, 3.8) is 0 Å². The van der Waals surface area contributed by atoms with Crippen molar-refractivity contribution < 1.29 is 29.0 Å². The summed E-state index contributed by atoms with van der Waals surface area (Å²) in [5.41, 5.74) is 3.09. The van der Waals surface area contributed by atoms with Crippen LogP contribution in [0.1, 0.15) is 37.5 Å². The summed E-state index contributed by atoms with van der Waals surface area (Å²) in [6.07, 6.45) is -0.180. The summed E-state index contributed by atoms with van der Waals surface area (Å²) in [6, 6.07) is 3.98. The van der Waals surface area contributed by atoms with Gasteiger partial charge in [0.15, 0.2) is 0 Å². The highest BCUT2D eigenvalue weighted by molar-refractivity contribution is 5.74. The van der Waals surface area contributed by atoms with Gasteiger partial charge in [0.2, 0.25) is 0 Å². The molecule has 9 heteroatoms. The number of esters is 1. The van der Waals surface area contributed by atoms with Crippen molar-refractivity contribution in [2.45, 2.75) is 46.3 Å². The van der Waals surface area contributed by atoms with E-state index in [1.807, 2.05) is 39.8 Å². The second-order valence-corrected chi connectivity index (χ2v) is 8.59. The topological polar surface area (TPSA) is 108 Å². The number of rotatable bonds is 7. The minimum Gasteiger partial charge on any atom is -0.480 e. The zero-order valence-corrected chi connectivity index (χ0v) is 19.0. The van der Waals surface area contributed by atoms with Crippen LogP contribution in [0, 0.1) is 6.92 Å². The molecule has 0 atom stereocenters. The number of hydrogen-bond donors (Lipinski definition) is 2. The number of nitrogens with one attached hydrogen (secondary N) is 1. The van der Waals surface area contributed by atoms with E-state index in [4.69, 9.17) is 14.6 Å². The summed E-state index contributed by atoms with van der Waals surface area (Å²) in [4.78, 5) is 38.9. The molecule has 0 aromatic heterocycles. The number of aliphatic carboxylic acids is 1. The standard InChI is InChI=1S/C22H33N3O6/c1-15-16(12-20(28)30-5)10-18(11-17(15)13-23-14-19(26)27)24-6-8-25(9-7-24)21(29)31-22(2,3)4/h10-11,23H,6-9,12-14H2,1-5H3,(H,26,27). The highest BCUT2D eigenvalue weighted by atomic mass is 16.6. The smallest absolute Gasteiger partial charge is 0.410 e. The predicted molar refractivity (Wildman–Crippen MR) is 116 cm³/mol. The lowest BCUT2D eigenvalue weighted by atomic mass is 9.98. The minimum atomic E-state index is -0.929. The number of nitrogens with zero attached hydrogens (tertiary/aromatic N) is 2. The monoisotopic (exact) mass is 435 g/mol. The molecule has 1 aromatic rings. The normalized spacial score (nSPS) is 14.4. The Morgan fingerprint density at radius 3 is 2.26 bits per heavy atom. The summed E-state index contributed by atoms with van der Waals surface area (Å²) in [7, 11) is 1.35. The van der Waals surface area contributed by atoms with E-state index in [0.29, 0.717) is 32.7 Å². The van der Waals surface area contributed by atoms with E-state index < -0.39 is 11.6 Å². The van der Waals surface area contributed by atoms with Gasteiger partial charge < -0.3 is 29.7 Å². The fourth-order valence-corrected chi connectivity index (χ4v) is 3.38. The van der Waals surface area contributed by atoms with E-state index in [-0.39, 0.29) is 25.0 Å². The van der Waals surface area contributed by atoms with Gasteiger partial charge in [-0.3, -0.25) is 9.59 Å². The maximum absolute atomic E-state index is 12.3. The van der Waals surface area contributed by atoms with Crippen LogP contribution in [0.4, 0.5) is 10.5 Å². The Bertz CT molecular complexity index is 810. The van der Waals surface area contributed by atoms with Crippen LogP contribution in [0.3, 0.4) is 0 Å². The molecule has 172 valence electrons. The fraction of sp³-hybridized carbons (Fsp3) is 0.591. The average molecular weight is 436 g/mol. The number of amides is 1. The largest absolute Gasteiger partial charge is 0.480 e. The van der Waals surface area contributed by atoms with Gasteiger partial charge in [0.05, 0.1) is 20.1 Å². The third-order valence-corrected chi connectivity index (χ3v) is 5.06. The molecule has 1 aromatic carbocycles. The van der Waals surface area contributed by atoms with Crippen LogP contribution in [0.25, 0.3) is 0 Å². The van der Waals surface area contributed by atoms with Crippen molar-refractivity contribution >= 4 is 23.7 Å². The maximum atomic E-state index is 12.3. The Morgan fingerprint density at radius 1 is 1.10 bits per heavy atom. The number of hydrogen-bond acceptors (Lipinski definition) is 7. The molecule has 0 saturated carbocycles. The molecule has 2 N–H and O–H groups in total. The fourth-order valence-electron chi connectivity index (χ4n) is 3.38. The summed E-state index contributed by atoms with van der Waals surface area (Å²) >= 11 is 0. The van der Waals surface area contributed by atoms with Crippen molar-refractivity contribution in [1.29, 1.82) is 0 Å². The highest BCUT2D eigenvalue weighted by Crippen LogP contribution is 2.26. The number of carboxylic acids is 1. The molecule has 9 nitrogen and oxygen atoms in total. The van der Waals surface area contributed by atoms with Gasteiger partial charge in [-0.25, -0.2) is 4.79 Å². The van der Waals surface area contributed by atoms with Crippen LogP contribution in [0.2, 0.25) is 0 Å². The molecule has 1 heterocycles. The summed E-state index contributed by atoms with van der Waals surface area (Å²) in [5.74, 6) is -1.26. The second-order valence-electron chi connectivity index (χ2n) is 8.59. The third-order valence-electron chi connectivity index (χ3n) is 5.06. The molecule has 0 aliphatic carbocycles. The molecule has 0 unspecified atom stereocenters. The van der Waals surface area contributed by atoms with Gasteiger partial charge in [-0.1, -0.05) is 0 Å². The number of carbonyl (C=O) groups excluding carboxylic acids is 2. The lowest BCUT2D eigenvalue weighted by Crippen LogP contribution is -2.50. The van der Waals surface area contributed by atoms with Gasteiger partial charge in [-0.2, -0.15) is 0 Å². The predicted octanol–water partition coefficient (Wildman–Crippen LogP) is 1.94. The lowest BCUT2D eigenvalue weighted by molar-refractivity contribution is -0.140. The molecule has 2 rings (SSSR count). The molecule has 31 heavy (non-hydrogen) atoms. The molecular weight excluding hydrogens is 402 g/mol. The third kappa shape index (κ3) is 7.43. The first-order valence-electron chi connectivity index (χ1n) is 10.3. The Morgan fingerprint density at radius 2 is 1.71 bits per heavy atom. The van der Waals surface area contributed by atoms with E-state index in [1.54, 1.807) is 4.90 Å². The first kappa shape index (κ1) is 24.5. The Kier molecular flexibility index (Phi) is 8.27. The zero-order valence-electron chi connectivity index (χ0n) is 19.0. The SMILES string of the molecule is COC(=O)Cc1cc(N2CCN(C(=O)OC(C)(C)C)CC2)cc(CNCC(=O)O)c1C. The number of anilines is 1. The number of carboxylic acid groups (broad SMARTS) is 1. The number of piperazine rings is 1. The number of benzene rings is 1. The molecule has 1 aliphatic heterocycles. The molecule has 1 saturated heterocycles. The molecule has 0 bridgehead atoms. The van der Waals surface area contributed by atoms with Crippen LogP contribution in [0.5, 0.6) is 0 Å². The van der Waals surface area contributed by atoms with Gasteiger partial charge in [-0.15, -0.1) is 0 Å². The number of ether oxygens (including phenoxy) is 2. The first-order chi connectivity index (χ1) is 14.5. The van der Waals surface area contributed by atoms with Crippen LogP contribution in [-0.4, -0.2) is 73.5 Å². The molecule has 0 spiro atoms. The van der Waals surface area contributed by atoms with Gasteiger partial charge in [-0.05, 0) is 56.5 Å². The van der Waals surface area contributed by atoms with Gasteiger partial charge in [0.1, 0.15) is 5.60 Å². The number of carbonyl (C=O) groups is 3. The molecule has 1 aliphatic rings. The zero-order chi connectivity index (χ0) is 23.2. The summed E-state index contributed by atoms with van der Waals surface area (Å²) < 4.78 is 10.3. The van der Waals surface area contributed by atoms with Crippen molar-refractivity contribution in [3.05, 3.63) is 28.8 Å². The van der Waals surface area contributed by atoms with Crippen molar-refractivity contribution in [2.75, 3.05) is 44.7 Å². The van der Waals surface area contributed by atoms with Crippen LogP contribution < -0.4 is 10.2 Å². The van der Waals surface area contributed by atoms with Gasteiger partial charge in [0, 0.05) is 38.4 Å². The first-order valence-corrected chi connectivity index (χ1v) is 10.3. The highest BCUT2D eigenvalue weighted by Gasteiger charge is 2.26. The van der Waals surface area contributed by atoms with Crippen LogP contribution in [0.15, 0.2) is 12.1 Å². The van der Waals surface area contributed by atoms with Gasteiger partial charge in [0.25, 0.3) is 0 Å². The maximum Gasteiger partial charge on any atom is 0.410 e. The molecule has 0 radical (unpaired) electrons. The Labute approximate surface area is 183 Å². The van der Waals surface area contributed by atoms with E-state index >= 15 is 0 Å². The van der Waals surface area contributed by atoms with E-state index in [9.17, 15) is 14.4 Å². The van der Waals surface area contributed by atoms with E-state index in [1.165, 1.54) is 7.11 Å². The van der Waals surface area contributed by atoms with Crippen molar-refractivity contribution in [2.24, 2.45) is 0 Å². The average Bonchev–Trinajstić information content (AvgIpc) is 2.69. The van der Waals surface area contributed by atoms with Crippen LogP contribution in [-0.2, 0) is 32.0 Å². The van der Waals surface area contributed by atoms with Gasteiger partial charge >= 0.3 is 18.0 Å². The summed E-state index contributed by atoms with van der Waals surface area (Å²) in [6.45, 7) is 9.98. The van der Waals surface area contributed by atoms with E-state index in [2.05, 4.69) is 10.2 Å². The lowest BCUT2D eigenvalue weighted by Gasteiger charge is -2.37. The summed E-state index contributed by atoms with van der Waals surface area (Å²) in [5, 5.41) is 11.8. The minimum absolute atomic E-state index is 0.139. The van der Waals surface area contributed by atoms with Crippen molar-refractivity contribution in [3.8, 4) is 0 Å². The number of methoxy groups -OCH3 is 1. The van der Waals surface area contributed by atoms with Crippen molar-refractivity contribution in [1.82, 2.24) is 10.2 Å². The quantitative estimate of drug-likeness (QED) is 0.626. The van der Waals surface area contributed by atoms with Crippen LogP contribution >= 0.6 is 0 Å². The Hall–Kier alpha value is -2.81. The second kappa shape index (κ2) is 10.5. The molecular formula is C22H33N3O6. The Balaban J connectivity index is 2.17. The van der Waals surface area contributed by atoms with E-state index in [0.717, 1.165) is 22.4 Å². The molecule has 1 amide bonds. The molecule has 1 fully saturated rings.